The molecule has 0 saturated heterocycles. The first-order valence-electron chi connectivity index (χ1n) is 7.58. The molecule has 128 valence electrons. The van der Waals surface area contributed by atoms with Crippen LogP contribution in [0.5, 0.6) is 0 Å². The van der Waals surface area contributed by atoms with Crippen LogP contribution in [-0.2, 0) is 17.8 Å². The summed E-state index contributed by atoms with van der Waals surface area (Å²) in [4.78, 5) is 15.8. The number of rotatable bonds is 7. The van der Waals surface area contributed by atoms with Gasteiger partial charge in [-0.25, -0.2) is 4.39 Å². The summed E-state index contributed by atoms with van der Waals surface area (Å²) >= 11 is 1.64. The second kappa shape index (κ2) is 9.02. The van der Waals surface area contributed by atoms with Crippen LogP contribution in [0.15, 0.2) is 46.1 Å². The lowest BCUT2D eigenvalue weighted by atomic mass is 9.98. The smallest absolute Gasteiger partial charge is 0.222 e. The highest BCUT2D eigenvalue weighted by molar-refractivity contribution is 7.07. The van der Waals surface area contributed by atoms with Gasteiger partial charge in [0, 0.05) is 20.1 Å². The van der Waals surface area contributed by atoms with Crippen molar-refractivity contribution < 1.29 is 9.18 Å². The molecule has 0 aliphatic carbocycles. The van der Waals surface area contributed by atoms with E-state index in [4.69, 9.17) is 5.73 Å². The van der Waals surface area contributed by atoms with Gasteiger partial charge in [0.15, 0.2) is 5.96 Å². The summed E-state index contributed by atoms with van der Waals surface area (Å²) in [5.74, 6) is -0.507. The quantitative estimate of drug-likeness (QED) is 0.528. The van der Waals surface area contributed by atoms with E-state index in [9.17, 15) is 9.18 Å². The molecule has 5 nitrogen and oxygen atoms in total. The number of thiophene rings is 1. The van der Waals surface area contributed by atoms with Crippen LogP contribution in [0.1, 0.15) is 11.1 Å². The van der Waals surface area contributed by atoms with E-state index in [0.29, 0.717) is 25.5 Å². The largest absolute Gasteiger partial charge is 0.369 e. The topological polar surface area (TPSA) is 79.5 Å². The van der Waals surface area contributed by atoms with E-state index in [1.54, 1.807) is 30.5 Å². The van der Waals surface area contributed by atoms with Gasteiger partial charge in [0.2, 0.25) is 5.91 Å². The van der Waals surface area contributed by atoms with Gasteiger partial charge in [-0.3, -0.25) is 9.79 Å². The van der Waals surface area contributed by atoms with Crippen LogP contribution >= 0.6 is 11.3 Å². The molecule has 1 aromatic carbocycles. The molecule has 2 aromatic rings. The highest BCUT2D eigenvalue weighted by atomic mass is 32.1. The summed E-state index contributed by atoms with van der Waals surface area (Å²) < 4.78 is 13.0. The number of benzene rings is 1. The number of hydrogen-bond acceptors (Lipinski definition) is 3. The molecule has 0 spiro atoms. The first-order chi connectivity index (χ1) is 11.6. The second-order valence-electron chi connectivity index (χ2n) is 5.37. The van der Waals surface area contributed by atoms with Crippen LogP contribution < -0.4 is 16.4 Å². The number of nitrogens with one attached hydrogen (secondary N) is 2. The molecule has 1 heterocycles. The maximum atomic E-state index is 13.0. The molecule has 7 heteroatoms. The van der Waals surface area contributed by atoms with Crippen LogP contribution in [0.2, 0.25) is 0 Å². The van der Waals surface area contributed by atoms with Crippen LogP contribution in [0.25, 0.3) is 0 Å². The number of nitrogens with zero attached hydrogens (tertiary/aromatic N) is 1. The Labute approximate surface area is 144 Å². The van der Waals surface area contributed by atoms with Gasteiger partial charge in [-0.15, -0.1) is 0 Å². The Morgan fingerprint density at radius 3 is 2.58 bits per heavy atom. The molecule has 0 aliphatic heterocycles. The fraction of sp³-hybridized carbons (Fsp3) is 0.294. The summed E-state index contributed by atoms with van der Waals surface area (Å²) in [5, 5.41) is 10.4. The van der Waals surface area contributed by atoms with Crippen molar-refractivity contribution in [1.29, 1.82) is 0 Å². The molecule has 1 unspecified atom stereocenters. The van der Waals surface area contributed by atoms with Crippen molar-refractivity contribution >= 4 is 23.2 Å². The monoisotopic (exact) mass is 348 g/mol. The van der Waals surface area contributed by atoms with Gasteiger partial charge in [-0.05, 0) is 46.5 Å². The lowest BCUT2D eigenvalue weighted by Crippen LogP contribution is -2.42. The third kappa shape index (κ3) is 5.66. The molecule has 0 saturated carbocycles. The van der Waals surface area contributed by atoms with E-state index in [0.717, 1.165) is 5.56 Å². The zero-order valence-electron chi connectivity index (χ0n) is 13.5. The van der Waals surface area contributed by atoms with E-state index < -0.39 is 11.8 Å². The summed E-state index contributed by atoms with van der Waals surface area (Å²) in [6.45, 7) is 1.01. The minimum Gasteiger partial charge on any atom is -0.369 e. The zero-order chi connectivity index (χ0) is 17.4. The van der Waals surface area contributed by atoms with Gasteiger partial charge in [-0.2, -0.15) is 11.3 Å². The van der Waals surface area contributed by atoms with E-state index in [-0.39, 0.29) is 5.82 Å². The zero-order valence-corrected chi connectivity index (χ0v) is 14.3. The van der Waals surface area contributed by atoms with E-state index >= 15 is 0 Å². The Bertz CT molecular complexity index is 670. The summed E-state index contributed by atoms with van der Waals surface area (Å²) in [6.07, 6.45) is 0.449. The fourth-order valence-electron chi connectivity index (χ4n) is 2.20. The normalized spacial score (nSPS) is 12.7. The van der Waals surface area contributed by atoms with Crippen LogP contribution in [0.3, 0.4) is 0 Å². The minimum absolute atomic E-state index is 0.300. The maximum absolute atomic E-state index is 13.0. The molecule has 24 heavy (non-hydrogen) atoms. The molecule has 1 aromatic heterocycles. The molecule has 1 amide bonds. The molecule has 0 radical (unpaired) electrons. The highest BCUT2D eigenvalue weighted by Gasteiger charge is 2.16. The van der Waals surface area contributed by atoms with Crippen molar-refractivity contribution in [3.8, 4) is 0 Å². The fourth-order valence-corrected chi connectivity index (χ4v) is 2.87. The number of carbonyl (C=O) groups is 1. The Balaban J connectivity index is 1.87. The number of hydrogen-bond donors (Lipinski definition) is 3. The molecule has 0 aliphatic rings. The molecular weight excluding hydrogens is 327 g/mol. The highest BCUT2D eigenvalue weighted by Crippen LogP contribution is 2.10. The first-order valence-corrected chi connectivity index (χ1v) is 8.52. The van der Waals surface area contributed by atoms with Crippen molar-refractivity contribution in [3.05, 3.63) is 58.0 Å². The molecule has 2 rings (SSSR count). The van der Waals surface area contributed by atoms with Gasteiger partial charge in [0.25, 0.3) is 0 Å². The maximum Gasteiger partial charge on any atom is 0.222 e. The third-order valence-corrected chi connectivity index (χ3v) is 4.31. The van der Waals surface area contributed by atoms with Crippen LogP contribution in [0, 0.1) is 11.7 Å². The summed E-state index contributed by atoms with van der Waals surface area (Å²) in [6, 6.07) is 8.11. The number of carbonyl (C=O) groups excluding carboxylic acids is 1. The van der Waals surface area contributed by atoms with E-state index in [1.807, 2.05) is 11.4 Å². The predicted molar refractivity (Wildman–Crippen MR) is 95.3 cm³/mol. The standard InChI is InChI=1S/C17H21FN4OS/c1-20-17(21-9-13-6-7-24-11-13)22-10-14(16(19)23)8-12-2-4-15(18)5-3-12/h2-7,11,14H,8-10H2,1H3,(H2,19,23)(H2,20,21,22). The lowest BCUT2D eigenvalue weighted by Gasteiger charge is -2.17. The van der Waals surface area contributed by atoms with Crippen molar-refractivity contribution in [2.45, 2.75) is 13.0 Å². The average molecular weight is 348 g/mol. The number of guanidine groups is 1. The molecule has 4 N–H and O–H groups in total. The Hall–Kier alpha value is -2.41. The number of primary amides is 1. The number of halogens is 1. The number of amides is 1. The molecule has 0 fully saturated rings. The first kappa shape index (κ1) is 17.9. The van der Waals surface area contributed by atoms with Crippen molar-refractivity contribution in [2.24, 2.45) is 16.6 Å². The Morgan fingerprint density at radius 2 is 2.00 bits per heavy atom. The van der Waals surface area contributed by atoms with Crippen molar-refractivity contribution in [2.75, 3.05) is 13.6 Å². The van der Waals surface area contributed by atoms with Crippen molar-refractivity contribution in [3.63, 3.8) is 0 Å². The summed E-state index contributed by atoms with van der Waals surface area (Å²) in [7, 11) is 1.67. The predicted octanol–water partition coefficient (Wildman–Crippen LogP) is 1.90. The van der Waals surface area contributed by atoms with Gasteiger partial charge in [-0.1, -0.05) is 12.1 Å². The number of aliphatic imine (C=N–C) groups is 1. The van der Waals surface area contributed by atoms with E-state index in [1.165, 1.54) is 17.7 Å². The summed E-state index contributed by atoms with van der Waals surface area (Å²) in [5.41, 5.74) is 7.51. The Morgan fingerprint density at radius 1 is 1.25 bits per heavy atom. The molecular formula is C17H21FN4OS. The van der Waals surface area contributed by atoms with Gasteiger partial charge < -0.3 is 16.4 Å². The minimum atomic E-state index is -0.407. The van der Waals surface area contributed by atoms with Crippen molar-refractivity contribution in [1.82, 2.24) is 10.6 Å². The second-order valence-corrected chi connectivity index (χ2v) is 6.15. The van der Waals surface area contributed by atoms with E-state index in [2.05, 4.69) is 21.0 Å². The SMILES string of the molecule is CN=C(NCc1ccsc1)NCC(Cc1ccc(F)cc1)C(N)=O. The van der Waals surface area contributed by atoms with Gasteiger partial charge in [0.05, 0.1) is 5.92 Å². The van der Waals surface area contributed by atoms with Gasteiger partial charge >= 0.3 is 0 Å². The number of nitrogens with two attached hydrogens (primary N) is 1. The third-order valence-electron chi connectivity index (χ3n) is 3.58. The van der Waals surface area contributed by atoms with Gasteiger partial charge in [0.1, 0.15) is 5.82 Å². The molecule has 0 bridgehead atoms. The van der Waals surface area contributed by atoms with Crippen LogP contribution in [0.4, 0.5) is 4.39 Å². The Kier molecular flexibility index (Phi) is 6.74. The lowest BCUT2D eigenvalue weighted by molar-refractivity contribution is -0.121. The molecule has 1 atom stereocenters. The average Bonchev–Trinajstić information content (AvgIpc) is 3.09. The van der Waals surface area contributed by atoms with Crippen LogP contribution in [-0.4, -0.2) is 25.5 Å².